The molecule has 1 atom stereocenters. The fourth-order valence-electron chi connectivity index (χ4n) is 2.10. The highest BCUT2D eigenvalue weighted by Gasteiger charge is 2.42. The minimum atomic E-state index is -2.81. The molecule has 0 rings (SSSR count). The predicted molar refractivity (Wildman–Crippen MR) is 102 cm³/mol. The van der Waals surface area contributed by atoms with Crippen LogP contribution in [0, 0.1) is 0 Å². The van der Waals surface area contributed by atoms with Gasteiger partial charge in [-0.2, -0.15) is 0 Å². The van der Waals surface area contributed by atoms with Crippen molar-refractivity contribution < 1.29 is 41.2 Å². The minimum Gasteiger partial charge on any atom is -0.460 e. The van der Waals surface area contributed by atoms with Gasteiger partial charge in [-0.15, -0.1) is 0 Å². The average Bonchev–Trinajstić information content (AvgIpc) is 2.70. The van der Waals surface area contributed by atoms with Gasteiger partial charge in [0, 0.05) is 45.1 Å². The summed E-state index contributed by atoms with van der Waals surface area (Å²) in [7, 11) is -0.455. The molecule has 0 bridgehead atoms. The fourth-order valence-corrected chi connectivity index (χ4v) is 6.93. The van der Waals surface area contributed by atoms with E-state index in [-0.39, 0.29) is 32.0 Å². The van der Waals surface area contributed by atoms with Crippen LogP contribution in [0.5, 0.6) is 0 Å². The zero-order valence-corrected chi connectivity index (χ0v) is 18.6. The fraction of sp³-hybridized carbons (Fsp3) is 0.625. The third-order valence-electron chi connectivity index (χ3n) is 3.52. The van der Waals surface area contributed by atoms with Crippen molar-refractivity contribution in [1.29, 1.82) is 0 Å². The lowest BCUT2D eigenvalue weighted by Gasteiger charge is -2.30. The summed E-state index contributed by atoms with van der Waals surface area (Å²) in [6.45, 7) is 9.11. The van der Waals surface area contributed by atoms with Gasteiger partial charge in [0.05, 0.1) is 13.2 Å². The van der Waals surface area contributed by atoms with E-state index < -0.39 is 30.0 Å². The monoisotopic (exact) mass is 422 g/mol. The average molecular weight is 423 g/mol. The lowest BCUT2D eigenvalue weighted by molar-refractivity contribution is -0.139. The summed E-state index contributed by atoms with van der Waals surface area (Å²) >= 11 is 0. The zero-order chi connectivity index (χ0) is 20.7. The quantitative estimate of drug-likeness (QED) is 0.156. The van der Waals surface area contributed by atoms with Crippen molar-refractivity contribution >= 4 is 30.0 Å². The summed E-state index contributed by atoms with van der Waals surface area (Å²) in [5.74, 6) is -1.04. The molecule has 0 saturated heterocycles. The van der Waals surface area contributed by atoms with Crippen LogP contribution in [0.1, 0.15) is 6.92 Å². The van der Waals surface area contributed by atoms with E-state index in [1.165, 1.54) is 21.3 Å². The second-order valence-electron chi connectivity index (χ2n) is 5.33. The van der Waals surface area contributed by atoms with Crippen LogP contribution in [0.4, 0.5) is 0 Å². The molecule has 156 valence electrons. The van der Waals surface area contributed by atoms with Crippen molar-refractivity contribution in [3.8, 4) is 0 Å². The minimum absolute atomic E-state index is 0.0401. The summed E-state index contributed by atoms with van der Waals surface area (Å²) in [5.41, 5.74) is -0.0401. The molecule has 1 unspecified atom stereocenters. The maximum Gasteiger partial charge on any atom is 0.500 e. The molecule has 0 aromatic rings. The lowest BCUT2D eigenvalue weighted by Crippen LogP contribution is -2.46. The summed E-state index contributed by atoms with van der Waals surface area (Å²) in [6, 6.07) is 0.492. The molecule has 0 saturated carbocycles. The van der Waals surface area contributed by atoms with Crippen LogP contribution in [-0.2, 0) is 41.2 Å². The summed E-state index contributed by atoms with van der Waals surface area (Å²) in [5, 5.41) is 0. The Morgan fingerprint density at radius 3 is 1.63 bits per heavy atom. The van der Waals surface area contributed by atoms with Gasteiger partial charge in [-0.3, -0.25) is 0 Å². The van der Waals surface area contributed by atoms with E-state index in [0.29, 0.717) is 6.04 Å². The van der Waals surface area contributed by atoms with E-state index in [4.69, 9.17) is 31.6 Å². The molecule has 0 aliphatic carbocycles. The van der Waals surface area contributed by atoms with Crippen LogP contribution in [0.3, 0.4) is 0 Å². The number of rotatable bonds is 16. The first-order chi connectivity index (χ1) is 12.9. The van der Waals surface area contributed by atoms with Gasteiger partial charge >= 0.3 is 30.0 Å². The topological polar surface area (TPSA) is 98.8 Å². The highest BCUT2D eigenvalue weighted by atomic mass is 28.4. The summed E-state index contributed by atoms with van der Waals surface area (Å²) in [4.78, 5) is 22.2. The number of esters is 2. The van der Waals surface area contributed by atoms with Gasteiger partial charge in [-0.05, 0) is 0 Å². The number of carbonyl (C=O) groups excluding carboxylic acids is 2. The molecule has 0 aliphatic heterocycles. The summed E-state index contributed by atoms with van der Waals surface area (Å²) in [6.07, 6.45) is 2.16. The third kappa shape index (κ3) is 10.5. The second kappa shape index (κ2) is 14.7. The van der Waals surface area contributed by atoms with Crippen LogP contribution in [0.25, 0.3) is 0 Å². The molecule has 11 heteroatoms. The highest BCUT2D eigenvalue weighted by Crippen LogP contribution is 2.26. The van der Waals surface area contributed by atoms with Crippen molar-refractivity contribution in [3.63, 3.8) is 0 Å². The highest BCUT2D eigenvalue weighted by molar-refractivity contribution is 6.63. The second-order valence-corrected chi connectivity index (χ2v) is 10.9. The Balaban J connectivity index is 4.72. The molecule has 0 aliphatic rings. The normalized spacial score (nSPS) is 12.5. The van der Waals surface area contributed by atoms with Crippen molar-refractivity contribution in [2.24, 2.45) is 0 Å². The van der Waals surface area contributed by atoms with Gasteiger partial charge in [-0.25, -0.2) is 9.59 Å². The zero-order valence-electron chi connectivity index (χ0n) is 16.4. The van der Waals surface area contributed by atoms with E-state index in [2.05, 4.69) is 13.2 Å². The van der Waals surface area contributed by atoms with E-state index in [1.54, 1.807) is 0 Å². The maximum absolute atomic E-state index is 11.1. The van der Waals surface area contributed by atoms with Gasteiger partial charge in [0.15, 0.2) is 0 Å². The van der Waals surface area contributed by atoms with Gasteiger partial charge in [-0.1, -0.05) is 20.1 Å². The van der Waals surface area contributed by atoms with Gasteiger partial charge in [0.1, 0.15) is 13.2 Å². The van der Waals surface area contributed by atoms with Crippen molar-refractivity contribution in [2.75, 3.05) is 47.8 Å². The first kappa shape index (κ1) is 25.7. The largest absolute Gasteiger partial charge is 0.500 e. The molecule has 0 fully saturated rings. The number of carbonyl (C=O) groups is 2. The molecular weight excluding hydrogens is 392 g/mol. The third-order valence-corrected chi connectivity index (χ3v) is 9.30. The maximum atomic E-state index is 11.1. The molecular formula is C16H30O9Si2. The van der Waals surface area contributed by atoms with E-state index in [9.17, 15) is 9.59 Å². The summed E-state index contributed by atoms with van der Waals surface area (Å²) < 4.78 is 37.8. The lowest BCUT2D eigenvalue weighted by atomic mass is 10.6. The smallest absolute Gasteiger partial charge is 0.460 e. The Labute approximate surface area is 163 Å². The van der Waals surface area contributed by atoms with E-state index in [1.807, 2.05) is 6.92 Å². The molecule has 0 heterocycles. The molecule has 27 heavy (non-hydrogen) atoms. The molecule has 0 aromatic heterocycles. The van der Waals surface area contributed by atoms with E-state index in [0.717, 1.165) is 12.2 Å². The Bertz CT molecular complexity index is 433. The Kier molecular flexibility index (Phi) is 13.9. The van der Waals surface area contributed by atoms with Gasteiger partial charge in [0.2, 0.25) is 0 Å². The van der Waals surface area contributed by atoms with Crippen LogP contribution >= 0.6 is 0 Å². The molecule has 0 amide bonds. The molecule has 0 aromatic carbocycles. The van der Waals surface area contributed by atoms with Crippen molar-refractivity contribution in [1.82, 2.24) is 0 Å². The molecule has 9 nitrogen and oxygen atoms in total. The number of ether oxygens (including phenoxy) is 2. The Morgan fingerprint density at radius 1 is 0.889 bits per heavy atom. The Hall–Kier alpha value is -1.35. The standard InChI is InChI=1S/C16H30O9Si2/c1-7-15(17)22-9-11-24-26(25-12-10-23-16(18)8-2)14(3)13-27(19-4,20-5)21-6/h7-8,14,26H,1-2,9-13H2,3-6H3. The molecule has 0 spiro atoms. The van der Waals surface area contributed by atoms with Gasteiger partial charge in [0.25, 0.3) is 0 Å². The van der Waals surface area contributed by atoms with Crippen LogP contribution in [-0.4, -0.2) is 77.8 Å². The van der Waals surface area contributed by atoms with Crippen LogP contribution in [0.15, 0.2) is 25.3 Å². The molecule has 0 radical (unpaired) electrons. The molecule has 0 N–H and O–H groups in total. The first-order valence-corrected chi connectivity index (χ1v) is 11.9. The SMILES string of the molecule is C=CC(=O)OCCO[SiH](OCCOC(=O)C=C)C(C)C[Si](OC)(OC)OC. The van der Waals surface area contributed by atoms with Crippen LogP contribution in [0.2, 0.25) is 11.6 Å². The number of hydrogen-bond acceptors (Lipinski definition) is 9. The first-order valence-electron chi connectivity index (χ1n) is 8.35. The van der Waals surface area contributed by atoms with Crippen molar-refractivity contribution in [3.05, 3.63) is 25.3 Å². The van der Waals surface area contributed by atoms with Crippen LogP contribution < -0.4 is 0 Å². The predicted octanol–water partition coefficient (Wildman–Crippen LogP) is 0.967. The van der Waals surface area contributed by atoms with Crippen molar-refractivity contribution in [2.45, 2.75) is 18.5 Å². The van der Waals surface area contributed by atoms with Gasteiger partial charge < -0.3 is 31.6 Å². The Morgan fingerprint density at radius 2 is 1.30 bits per heavy atom. The number of hydrogen-bond donors (Lipinski definition) is 0. The van der Waals surface area contributed by atoms with E-state index >= 15 is 0 Å².